The number of carbonyl (C=O) groups is 2. The highest BCUT2D eigenvalue weighted by Gasteiger charge is 2.21. The minimum absolute atomic E-state index is 0.0900. The van der Waals surface area contributed by atoms with Gasteiger partial charge in [0, 0.05) is 23.1 Å². The predicted octanol–water partition coefficient (Wildman–Crippen LogP) is 1.72. The maximum absolute atomic E-state index is 12.3. The van der Waals surface area contributed by atoms with E-state index in [9.17, 15) is 9.59 Å². The Balaban J connectivity index is 2.19. The quantitative estimate of drug-likeness (QED) is 0.858. The van der Waals surface area contributed by atoms with E-state index < -0.39 is 0 Å². The van der Waals surface area contributed by atoms with Gasteiger partial charge in [-0.25, -0.2) is 0 Å². The van der Waals surface area contributed by atoms with Gasteiger partial charge in [-0.2, -0.15) is 0 Å². The summed E-state index contributed by atoms with van der Waals surface area (Å²) in [4.78, 5) is 25.3. The molecule has 0 radical (unpaired) electrons. The van der Waals surface area contributed by atoms with Gasteiger partial charge in [0.15, 0.2) is 0 Å². The molecule has 18 heavy (non-hydrogen) atoms. The Labute approximate surface area is 114 Å². The van der Waals surface area contributed by atoms with E-state index in [-0.39, 0.29) is 18.4 Å². The molecule has 0 aromatic heterocycles. The number of benzene rings is 1. The van der Waals surface area contributed by atoms with Crippen molar-refractivity contribution in [3.05, 3.63) is 33.8 Å². The monoisotopic (exact) mass is 310 g/mol. The molecule has 1 fully saturated rings. The van der Waals surface area contributed by atoms with Crippen LogP contribution >= 0.6 is 15.9 Å². The van der Waals surface area contributed by atoms with Crippen LogP contribution in [0.3, 0.4) is 0 Å². The van der Waals surface area contributed by atoms with Gasteiger partial charge in [-0.05, 0) is 31.0 Å². The molecule has 0 bridgehead atoms. The molecular formula is C13H15BrN2O2. The summed E-state index contributed by atoms with van der Waals surface area (Å²) in [5, 5.41) is 2.76. The highest BCUT2D eigenvalue weighted by atomic mass is 79.9. The van der Waals surface area contributed by atoms with E-state index in [1.165, 1.54) is 0 Å². The molecule has 1 aliphatic rings. The summed E-state index contributed by atoms with van der Waals surface area (Å²) in [6.07, 6.45) is 0.796. The van der Waals surface area contributed by atoms with Crippen molar-refractivity contribution in [1.29, 1.82) is 0 Å². The van der Waals surface area contributed by atoms with Crippen molar-refractivity contribution in [2.75, 3.05) is 19.6 Å². The molecule has 1 N–H and O–H groups in total. The average molecular weight is 311 g/mol. The second-order valence-corrected chi connectivity index (χ2v) is 5.25. The van der Waals surface area contributed by atoms with Crippen molar-refractivity contribution in [3.63, 3.8) is 0 Å². The molecule has 0 saturated carbocycles. The molecule has 2 rings (SSSR count). The third kappa shape index (κ3) is 2.90. The lowest BCUT2D eigenvalue weighted by molar-refractivity contribution is -0.121. The summed E-state index contributed by atoms with van der Waals surface area (Å²) in [5.41, 5.74) is 1.70. The van der Waals surface area contributed by atoms with Crippen LogP contribution < -0.4 is 5.32 Å². The molecule has 96 valence electrons. The van der Waals surface area contributed by atoms with Crippen LogP contribution in [-0.4, -0.2) is 36.3 Å². The first kappa shape index (κ1) is 13.1. The molecular weight excluding hydrogens is 296 g/mol. The molecule has 1 aromatic rings. The lowest BCUT2D eigenvalue weighted by Gasteiger charge is -2.19. The third-order valence-electron chi connectivity index (χ3n) is 2.97. The van der Waals surface area contributed by atoms with Crippen molar-refractivity contribution in [1.82, 2.24) is 10.2 Å². The van der Waals surface area contributed by atoms with E-state index >= 15 is 0 Å². The number of nitrogens with zero attached hydrogens (tertiary/aromatic N) is 1. The number of rotatable bonds is 1. The van der Waals surface area contributed by atoms with Gasteiger partial charge in [-0.15, -0.1) is 0 Å². The molecule has 0 spiro atoms. The molecule has 1 aromatic carbocycles. The second-order valence-electron chi connectivity index (χ2n) is 4.39. The number of nitrogens with one attached hydrogen (secondary N) is 1. The largest absolute Gasteiger partial charge is 0.354 e. The molecule has 1 heterocycles. The summed E-state index contributed by atoms with van der Waals surface area (Å²) in [5.74, 6) is -0.181. The highest BCUT2D eigenvalue weighted by Crippen LogP contribution is 2.18. The summed E-state index contributed by atoms with van der Waals surface area (Å²) in [6.45, 7) is 3.37. The number of hydrogen-bond donors (Lipinski definition) is 1. The van der Waals surface area contributed by atoms with Crippen molar-refractivity contribution in [3.8, 4) is 0 Å². The Morgan fingerprint density at radius 3 is 2.94 bits per heavy atom. The zero-order valence-corrected chi connectivity index (χ0v) is 11.8. The SMILES string of the molecule is Cc1ccc(C(=O)N2CCCNC(=O)C2)cc1Br. The minimum atomic E-state index is -0.0907. The molecule has 0 atom stereocenters. The molecule has 1 aliphatic heterocycles. The number of carbonyl (C=O) groups excluding carboxylic acids is 2. The fourth-order valence-corrected chi connectivity index (χ4v) is 2.27. The second kappa shape index (κ2) is 5.52. The Morgan fingerprint density at radius 2 is 2.22 bits per heavy atom. The van der Waals surface area contributed by atoms with Gasteiger partial charge >= 0.3 is 0 Å². The van der Waals surface area contributed by atoms with Crippen LogP contribution in [0.2, 0.25) is 0 Å². The van der Waals surface area contributed by atoms with Gasteiger partial charge in [0.25, 0.3) is 5.91 Å². The molecule has 1 saturated heterocycles. The van der Waals surface area contributed by atoms with Crippen molar-refractivity contribution in [2.45, 2.75) is 13.3 Å². The normalized spacial score (nSPS) is 16.1. The Morgan fingerprint density at radius 1 is 1.44 bits per heavy atom. The molecule has 5 heteroatoms. The van der Waals surface area contributed by atoms with Gasteiger partial charge in [0.1, 0.15) is 0 Å². The standard InChI is InChI=1S/C13H15BrN2O2/c1-9-3-4-10(7-11(9)14)13(18)16-6-2-5-15-12(17)8-16/h3-4,7H,2,5-6,8H2,1H3,(H,15,17). The van der Waals surface area contributed by atoms with E-state index in [0.717, 1.165) is 16.5 Å². The van der Waals surface area contributed by atoms with Crippen LogP contribution in [0.5, 0.6) is 0 Å². The first-order valence-electron chi connectivity index (χ1n) is 5.90. The van der Waals surface area contributed by atoms with Crippen LogP contribution in [0, 0.1) is 6.92 Å². The van der Waals surface area contributed by atoms with Gasteiger partial charge in [-0.3, -0.25) is 9.59 Å². The van der Waals surface area contributed by atoms with E-state index in [4.69, 9.17) is 0 Å². The van der Waals surface area contributed by atoms with Crippen LogP contribution in [-0.2, 0) is 4.79 Å². The maximum Gasteiger partial charge on any atom is 0.254 e. The number of hydrogen-bond acceptors (Lipinski definition) is 2. The lowest BCUT2D eigenvalue weighted by Crippen LogP contribution is -2.37. The Hall–Kier alpha value is -1.36. The number of aryl methyl sites for hydroxylation is 1. The maximum atomic E-state index is 12.3. The van der Waals surface area contributed by atoms with Crippen LogP contribution in [0.25, 0.3) is 0 Å². The van der Waals surface area contributed by atoms with E-state index in [2.05, 4.69) is 21.2 Å². The fourth-order valence-electron chi connectivity index (χ4n) is 1.89. The minimum Gasteiger partial charge on any atom is -0.354 e. The summed E-state index contributed by atoms with van der Waals surface area (Å²) in [6, 6.07) is 5.50. The highest BCUT2D eigenvalue weighted by molar-refractivity contribution is 9.10. The zero-order chi connectivity index (χ0) is 13.1. The van der Waals surface area contributed by atoms with Gasteiger partial charge in [0.2, 0.25) is 5.91 Å². The third-order valence-corrected chi connectivity index (χ3v) is 3.82. The zero-order valence-electron chi connectivity index (χ0n) is 10.2. The summed E-state index contributed by atoms with van der Waals surface area (Å²) >= 11 is 3.42. The van der Waals surface area contributed by atoms with E-state index in [0.29, 0.717) is 18.7 Å². The smallest absolute Gasteiger partial charge is 0.254 e. The van der Waals surface area contributed by atoms with Crippen molar-refractivity contribution >= 4 is 27.7 Å². The summed E-state index contributed by atoms with van der Waals surface area (Å²) in [7, 11) is 0. The van der Waals surface area contributed by atoms with Gasteiger partial charge in [-0.1, -0.05) is 22.0 Å². The van der Waals surface area contributed by atoms with Crippen molar-refractivity contribution in [2.24, 2.45) is 0 Å². The van der Waals surface area contributed by atoms with Gasteiger partial charge in [0.05, 0.1) is 6.54 Å². The first-order valence-corrected chi connectivity index (χ1v) is 6.69. The predicted molar refractivity (Wildman–Crippen MR) is 72.4 cm³/mol. The fraction of sp³-hybridized carbons (Fsp3) is 0.385. The molecule has 0 aliphatic carbocycles. The summed E-state index contributed by atoms with van der Waals surface area (Å²) < 4.78 is 0.910. The number of amides is 2. The molecule has 2 amide bonds. The van der Waals surface area contributed by atoms with E-state index in [1.54, 1.807) is 17.0 Å². The number of halogens is 1. The first-order chi connectivity index (χ1) is 8.58. The van der Waals surface area contributed by atoms with Gasteiger partial charge < -0.3 is 10.2 Å². The average Bonchev–Trinajstić information content (AvgIpc) is 2.56. The Bertz CT molecular complexity index is 488. The Kier molecular flexibility index (Phi) is 4.01. The molecule has 4 nitrogen and oxygen atoms in total. The van der Waals surface area contributed by atoms with Crippen LogP contribution in [0.1, 0.15) is 22.3 Å². The van der Waals surface area contributed by atoms with Crippen LogP contribution in [0.4, 0.5) is 0 Å². The van der Waals surface area contributed by atoms with Crippen LogP contribution in [0.15, 0.2) is 22.7 Å². The molecule has 0 unspecified atom stereocenters. The lowest BCUT2D eigenvalue weighted by atomic mass is 10.1. The topological polar surface area (TPSA) is 49.4 Å². The van der Waals surface area contributed by atoms with Crippen molar-refractivity contribution < 1.29 is 9.59 Å². The van der Waals surface area contributed by atoms with E-state index in [1.807, 2.05) is 13.0 Å².